The third-order valence-corrected chi connectivity index (χ3v) is 4.23. The maximum atomic E-state index is 13.3. The van der Waals surface area contributed by atoms with E-state index in [2.05, 4.69) is 9.71 Å². The Hall–Kier alpha value is -1.77. The summed E-state index contributed by atoms with van der Waals surface area (Å²) in [6.45, 7) is 0.627. The first-order valence-corrected chi connectivity index (χ1v) is 7.45. The van der Waals surface area contributed by atoms with Crippen LogP contribution in [0.3, 0.4) is 0 Å². The van der Waals surface area contributed by atoms with Gasteiger partial charge in [-0.2, -0.15) is 0 Å². The van der Waals surface area contributed by atoms with Crippen molar-refractivity contribution in [3.8, 4) is 0 Å². The lowest BCUT2D eigenvalue weighted by Crippen LogP contribution is -2.27. The number of sulfonamides is 1. The second-order valence-electron chi connectivity index (χ2n) is 4.16. The van der Waals surface area contributed by atoms with Crippen molar-refractivity contribution in [1.29, 1.82) is 0 Å². The van der Waals surface area contributed by atoms with Crippen LogP contribution in [0.4, 0.5) is 4.39 Å². The lowest BCUT2D eigenvalue weighted by Gasteiger charge is -2.09. The van der Waals surface area contributed by atoms with Gasteiger partial charge in [-0.3, -0.25) is 0 Å². The summed E-state index contributed by atoms with van der Waals surface area (Å²) in [5.74, 6) is -0.509. The summed E-state index contributed by atoms with van der Waals surface area (Å²) in [6.07, 6.45) is 4.94. The zero-order valence-electron chi connectivity index (χ0n) is 10.7. The van der Waals surface area contributed by atoms with Crippen molar-refractivity contribution in [3.05, 3.63) is 48.3 Å². The van der Waals surface area contributed by atoms with Crippen molar-refractivity contribution in [2.45, 2.75) is 18.0 Å². The molecule has 0 aliphatic carbocycles. The maximum Gasteiger partial charge on any atom is 0.240 e. The molecule has 2 aromatic rings. The van der Waals surface area contributed by atoms with E-state index in [4.69, 9.17) is 5.73 Å². The van der Waals surface area contributed by atoms with Gasteiger partial charge in [0.1, 0.15) is 5.82 Å². The Bertz CT molecular complexity index is 671. The third-order valence-electron chi connectivity index (χ3n) is 2.77. The number of imidazole rings is 1. The molecule has 0 aliphatic heterocycles. The Morgan fingerprint density at radius 3 is 2.85 bits per heavy atom. The number of rotatable bonds is 6. The van der Waals surface area contributed by atoms with Crippen molar-refractivity contribution in [1.82, 2.24) is 14.3 Å². The normalized spacial score (nSPS) is 11.7. The van der Waals surface area contributed by atoms with Crippen molar-refractivity contribution in [3.63, 3.8) is 0 Å². The van der Waals surface area contributed by atoms with Crippen LogP contribution in [-0.4, -0.2) is 24.5 Å². The molecule has 0 saturated carbocycles. The van der Waals surface area contributed by atoms with Gasteiger partial charge in [0.2, 0.25) is 10.0 Å². The fraction of sp³-hybridized carbons (Fsp3) is 0.250. The van der Waals surface area contributed by atoms with Crippen LogP contribution in [0.5, 0.6) is 0 Å². The molecule has 0 saturated heterocycles. The first-order valence-electron chi connectivity index (χ1n) is 5.97. The lowest BCUT2D eigenvalue weighted by atomic mass is 10.2. The molecule has 0 unspecified atom stereocenters. The molecular formula is C12H15FN4O2S. The van der Waals surface area contributed by atoms with E-state index in [1.165, 1.54) is 12.1 Å². The van der Waals surface area contributed by atoms with Gasteiger partial charge in [0.15, 0.2) is 0 Å². The second kappa shape index (κ2) is 6.12. The molecule has 2 rings (SSSR count). The van der Waals surface area contributed by atoms with Crippen molar-refractivity contribution >= 4 is 10.0 Å². The highest BCUT2D eigenvalue weighted by Crippen LogP contribution is 2.14. The molecule has 0 aliphatic rings. The Balaban J connectivity index is 2.06. The second-order valence-corrected chi connectivity index (χ2v) is 5.92. The number of nitrogens with zero attached hydrogens (tertiary/aromatic N) is 2. The molecule has 0 atom stereocenters. The summed E-state index contributed by atoms with van der Waals surface area (Å²) in [5, 5.41) is 0. The SMILES string of the molecule is NCc1cc(S(=O)(=O)NCCn2ccnc2)ccc1F. The average molecular weight is 298 g/mol. The Morgan fingerprint density at radius 1 is 1.40 bits per heavy atom. The number of nitrogens with one attached hydrogen (secondary N) is 1. The van der Waals surface area contributed by atoms with E-state index < -0.39 is 15.8 Å². The van der Waals surface area contributed by atoms with Gasteiger partial charge in [0.05, 0.1) is 11.2 Å². The molecule has 1 aromatic carbocycles. The molecule has 0 spiro atoms. The van der Waals surface area contributed by atoms with E-state index in [0.29, 0.717) is 6.54 Å². The quantitative estimate of drug-likeness (QED) is 0.810. The fourth-order valence-electron chi connectivity index (χ4n) is 1.69. The van der Waals surface area contributed by atoms with E-state index in [0.717, 1.165) is 6.07 Å². The summed E-state index contributed by atoms with van der Waals surface area (Å²) in [7, 11) is -3.67. The highest BCUT2D eigenvalue weighted by atomic mass is 32.2. The first-order chi connectivity index (χ1) is 9.53. The molecule has 0 bridgehead atoms. The van der Waals surface area contributed by atoms with E-state index in [9.17, 15) is 12.8 Å². The first kappa shape index (κ1) is 14.6. The lowest BCUT2D eigenvalue weighted by molar-refractivity contribution is 0.571. The van der Waals surface area contributed by atoms with Crippen LogP contribution in [0.25, 0.3) is 0 Å². The zero-order chi connectivity index (χ0) is 14.6. The van der Waals surface area contributed by atoms with Crippen LogP contribution in [-0.2, 0) is 23.1 Å². The van der Waals surface area contributed by atoms with E-state index in [1.54, 1.807) is 23.3 Å². The van der Waals surface area contributed by atoms with Gasteiger partial charge in [-0.05, 0) is 18.2 Å². The summed E-state index contributed by atoms with van der Waals surface area (Å²) in [5.41, 5.74) is 5.53. The highest BCUT2D eigenvalue weighted by molar-refractivity contribution is 7.89. The summed E-state index contributed by atoms with van der Waals surface area (Å²) < 4.78 is 41.6. The molecule has 108 valence electrons. The zero-order valence-corrected chi connectivity index (χ0v) is 11.5. The standard InChI is InChI=1S/C12H15FN4O2S/c13-12-2-1-11(7-10(12)8-14)20(18,19)16-4-6-17-5-3-15-9-17/h1-3,5,7,9,16H,4,6,8,14H2. The van der Waals surface area contributed by atoms with E-state index in [1.807, 2.05) is 0 Å². The van der Waals surface area contributed by atoms with Crippen LogP contribution >= 0.6 is 0 Å². The Labute approximate surface area is 116 Å². The number of aromatic nitrogens is 2. The Kier molecular flexibility index (Phi) is 4.48. The molecule has 3 N–H and O–H groups in total. The van der Waals surface area contributed by atoms with E-state index >= 15 is 0 Å². The van der Waals surface area contributed by atoms with Crippen molar-refractivity contribution in [2.75, 3.05) is 6.54 Å². The van der Waals surface area contributed by atoms with Gasteiger partial charge in [0.25, 0.3) is 0 Å². The molecule has 1 heterocycles. The number of hydrogen-bond acceptors (Lipinski definition) is 4. The minimum atomic E-state index is -3.67. The van der Waals surface area contributed by atoms with Crippen LogP contribution < -0.4 is 10.5 Å². The predicted octanol–water partition coefficient (Wildman–Crippen LogP) is 0.459. The molecule has 8 heteroatoms. The van der Waals surface area contributed by atoms with Gasteiger partial charge in [0, 0.05) is 37.6 Å². The van der Waals surface area contributed by atoms with Crippen LogP contribution in [0.2, 0.25) is 0 Å². The molecule has 0 radical (unpaired) electrons. The number of hydrogen-bond donors (Lipinski definition) is 2. The van der Waals surface area contributed by atoms with Crippen molar-refractivity contribution < 1.29 is 12.8 Å². The fourth-order valence-corrected chi connectivity index (χ4v) is 2.76. The molecular weight excluding hydrogens is 283 g/mol. The summed E-state index contributed by atoms with van der Waals surface area (Å²) in [6, 6.07) is 3.57. The molecule has 20 heavy (non-hydrogen) atoms. The van der Waals surface area contributed by atoms with Gasteiger partial charge >= 0.3 is 0 Å². The maximum absolute atomic E-state index is 13.3. The van der Waals surface area contributed by atoms with Gasteiger partial charge in [-0.25, -0.2) is 22.5 Å². The summed E-state index contributed by atoms with van der Waals surface area (Å²) >= 11 is 0. The minimum absolute atomic E-state index is 0.00461. The van der Waals surface area contributed by atoms with Crippen LogP contribution in [0, 0.1) is 5.82 Å². The largest absolute Gasteiger partial charge is 0.336 e. The van der Waals surface area contributed by atoms with Gasteiger partial charge in [-0.15, -0.1) is 0 Å². The topological polar surface area (TPSA) is 90.0 Å². The molecule has 1 aromatic heterocycles. The van der Waals surface area contributed by atoms with Gasteiger partial charge in [-0.1, -0.05) is 0 Å². The van der Waals surface area contributed by atoms with Gasteiger partial charge < -0.3 is 10.3 Å². The molecule has 0 fully saturated rings. The molecule has 6 nitrogen and oxygen atoms in total. The van der Waals surface area contributed by atoms with Crippen LogP contribution in [0.1, 0.15) is 5.56 Å². The number of benzene rings is 1. The minimum Gasteiger partial charge on any atom is -0.336 e. The van der Waals surface area contributed by atoms with Crippen molar-refractivity contribution in [2.24, 2.45) is 5.73 Å². The monoisotopic (exact) mass is 298 g/mol. The molecule has 0 amide bonds. The highest BCUT2D eigenvalue weighted by Gasteiger charge is 2.15. The third kappa shape index (κ3) is 3.41. The number of halogens is 1. The van der Waals surface area contributed by atoms with E-state index in [-0.39, 0.29) is 23.5 Å². The average Bonchev–Trinajstić information content (AvgIpc) is 2.92. The smallest absolute Gasteiger partial charge is 0.240 e. The predicted molar refractivity (Wildman–Crippen MR) is 71.7 cm³/mol. The van der Waals surface area contributed by atoms with Crippen LogP contribution in [0.15, 0.2) is 41.8 Å². The number of nitrogens with two attached hydrogens (primary N) is 1. The summed E-state index contributed by atoms with van der Waals surface area (Å²) in [4.78, 5) is 3.86. The Morgan fingerprint density at radius 2 is 2.20 bits per heavy atom.